The molecule has 0 aliphatic carbocycles. The van der Waals surface area contributed by atoms with E-state index in [0.717, 1.165) is 30.0 Å². The van der Waals surface area contributed by atoms with Crippen LogP contribution in [0.5, 0.6) is 0 Å². The van der Waals surface area contributed by atoms with E-state index in [-0.39, 0.29) is 0 Å². The first kappa shape index (κ1) is 15.4. The van der Waals surface area contributed by atoms with E-state index in [4.69, 9.17) is 0 Å². The fourth-order valence-corrected chi connectivity index (χ4v) is 2.96. The predicted octanol–water partition coefficient (Wildman–Crippen LogP) is 3.29. The van der Waals surface area contributed by atoms with E-state index >= 15 is 0 Å². The summed E-state index contributed by atoms with van der Waals surface area (Å²) in [5.41, 5.74) is 2.25. The molecule has 6 nitrogen and oxygen atoms in total. The molecule has 0 aliphatic rings. The number of hydrogen-bond donors (Lipinski definition) is 0. The van der Waals surface area contributed by atoms with Crippen LogP contribution >= 0.6 is 0 Å². The number of aromatic nitrogens is 6. The predicted molar refractivity (Wildman–Crippen MR) is 92.3 cm³/mol. The lowest BCUT2D eigenvalue weighted by Crippen LogP contribution is -2.10. The molecule has 0 unspecified atom stereocenters. The lowest BCUT2D eigenvalue weighted by atomic mass is 10.3. The number of fused-ring (bicyclic) bond motifs is 1. The van der Waals surface area contributed by atoms with E-state index in [1.165, 1.54) is 6.07 Å². The van der Waals surface area contributed by atoms with Crippen LogP contribution in [0, 0.1) is 5.95 Å². The van der Waals surface area contributed by atoms with E-state index in [1.54, 1.807) is 24.5 Å². The summed E-state index contributed by atoms with van der Waals surface area (Å²) in [6.07, 6.45) is 6.28. The maximum atomic E-state index is 13.4. The van der Waals surface area contributed by atoms with Gasteiger partial charge in [-0.3, -0.25) is 0 Å². The van der Waals surface area contributed by atoms with Crippen molar-refractivity contribution in [1.82, 2.24) is 29.1 Å². The van der Waals surface area contributed by atoms with Crippen molar-refractivity contribution in [3.63, 3.8) is 0 Å². The summed E-state index contributed by atoms with van der Waals surface area (Å²) in [7, 11) is 0. The van der Waals surface area contributed by atoms with Crippen LogP contribution in [0.25, 0.3) is 22.7 Å². The smallest absolute Gasteiger partial charge is 0.213 e. The Bertz CT molecular complexity index is 1020. The first-order chi connectivity index (χ1) is 12.3. The zero-order valence-corrected chi connectivity index (χ0v) is 13.8. The van der Waals surface area contributed by atoms with Gasteiger partial charge in [-0.2, -0.15) is 4.39 Å². The SMILES string of the molecule is CCCn1c(Cn2ccnc2-c2cccc(F)n2)nc2ncccc21. The molecule has 0 spiro atoms. The topological polar surface area (TPSA) is 61.4 Å². The molecule has 126 valence electrons. The van der Waals surface area contributed by atoms with Gasteiger partial charge in [0.15, 0.2) is 11.5 Å². The summed E-state index contributed by atoms with van der Waals surface area (Å²) in [4.78, 5) is 17.3. The lowest BCUT2D eigenvalue weighted by molar-refractivity contribution is 0.583. The Morgan fingerprint density at radius 3 is 2.80 bits per heavy atom. The van der Waals surface area contributed by atoms with Crippen molar-refractivity contribution in [3.8, 4) is 11.5 Å². The Morgan fingerprint density at radius 1 is 1.04 bits per heavy atom. The summed E-state index contributed by atoms with van der Waals surface area (Å²) in [6.45, 7) is 3.51. The van der Waals surface area contributed by atoms with E-state index in [2.05, 4.69) is 31.4 Å². The van der Waals surface area contributed by atoms with Crippen LogP contribution in [-0.4, -0.2) is 29.1 Å². The summed E-state index contributed by atoms with van der Waals surface area (Å²) in [5.74, 6) is 0.989. The van der Waals surface area contributed by atoms with Gasteiger partial charge in [0, 0.05) is 25.1 Å². The first-order valence-corrected chi connectivity index (χ1v) is 8.20. The minimum atomic E-state index is -0.519. The summed E-state index contributed by atoms with van der Waals surface area (Å²) >= 11 is 0. The van der Waals surface area contributed by atoms with Gasteiger partial charge in [0.1, 0.15) is 11.5 Å². The van der Waals surface area contributed by atoms with Gasteiger partial charge in [-0.15, -0.1) is 0 Å². The first-order valence-electron chi connectivity index (χ1n) is 8.20. The van der Waals surface area contributed by atoms with E-state index < -0.39 is 5.95 Å². The molecular formula is C18H17FN6. The van der Waals surface area contributed by atoms with Gasteiger partial charge in [0.2, 0.25) is 5.95 Å². The zero-order valence-electron chi connectivity index (χ0n) is 13.8. The number of hydrogen-bond acceptors (Lipinski definition) is 4. The highest BCUT2D eigenvalue weighted by molar-refractivity contribution is 5.71. The Morgan fingerprint density at radius 2 is 1.96 bits per heavy atom. The molecule has 0 aliphatic heterocycles. The summed E-state index contributed by atoms with van der Waals surface area (Å²) in [5, 5.41) is 0. The van der Waals surface area contributed by atoms with Crippen molar-refractivity contribution >= 4 is 11.2 Å². The normalized spacial score (nSPS) is 11.3. The van der Waals surface area contributed by atoms with Gasteiger partial charge in [-0.1, -0.05) is 13.0 Å². The number of imidazole rings is 2. The third kappa shape index (κ3) is 2.88. The number of rotatable bonds is 5. The third-order valence-corrected chi connectivity index (χ3v) is 4.02. The van der Waals surface area contributed by atoms with Crippen molar-refractivity contribution in [2.24, 2.45) is 0 Å². The second-order valence-electron chi connectivity index (χ2n) is 5.75. The molecule has 0 amide bonds. The highest BCUT2D eigenvalue weighted by Crippen LogP contribution is 2.19. The Labute approximate surface area is 144 Å². The average Bonchev–Trinajstić information content (AvgIpc) is 3.21. The fourth-order valence-electron chi connectivity index (χ4n) is 2.96. The molecule has 0 aromatic carbocycles. The van der Waals surface area contributed by atoms with Gasteiger partial charge in [0.25, 0.3) is 0 Å². The molecule has 4 aromatic heterocycles. The van der Waals surface area contributed by atoms with Crippen LogP contribution in [0.2, 0.25) is 0 Å². The molecule has 0 saturated carbocycles. The molecular weight excluding hydrogens is 319 g/mol. The van der Waals surface area contributed by atoms with Crippen LogP contribution in [0.4, 0.5) is 4.39 Å². The molecule has 0 radical (unpaired) electrons. The zero-order chi connectivity index (χ0) is 17.2. The number of pyridine rings is 2. The largest absolute Gasteiger partial charge is 0.325 e. The standard InChI is InChI=1S/C18H17FN6/c1-2-10-25-14-6-4-8-20-17(14)23-16(25)12-24-11-9-21-18(24)13-5-3-7-15(19)22-13/h3-9,11H,2,10,12H2,1H3. The molecule has 25 heavy (non-hydrogen) atoms. The molecule has 0 fully saturated rings. The number of halogens is 1. The maximum absolute atomic E-state index is 13.4. The van der Waals surface area contributed by atoms with E-state index in [1.807, 2.05) is 22.9 Å². The molecule has 4 aromatic rings. The van der Waals surface area contributed by atoms with E-state index in [9.17, 15) is 4.39 Å². The second kappa shape index (κ2) is 6.43. The van der Waals surface area contributed by atoms with Gasteiger partial charge < -0.3 is 9.13 Å². The Hall–Kier alpha value is -3.09. The lowest BCUT2D eigenvalue weighted by Gasteiger charge is -2.10. The molecule has 0 saturated heterocycles. The monoisotopic (exact) mass is 336 g/mol. The van der Waals surface area contributed by atoms with Gasteiger partial charge in [-0.05, 0) is 30.7 Å². The highest BCUT2D eigenvalue weighted by Gasteiger charge is 2.14. The van der Waals surface area contributed by atoms with Crippen LogP contribution in [0.1, 0.15) is 19.2 Å². The minimum absolute atomic E-state index is 0.501. The molecule has 0 atom stereocenters. The highest BCUT2D eigenvalue weighted by atomic mass is 19.1. The average molecular weight is 336 g/mol. The van der Waals surface area contributed by atoms with Crippen molar-refractivity contribution in [1.29, 1.82) is 0 Å². The number of aryl methyl sites for hydroxylation is 1. The fraction of sp³-hybridized carbons (Fsp3) is 0.222. The number of nitrogens with zero attached hydrogens (tertiary/aromatic N) is 6. The molecule has 0 bridgehead atoms. The molecule has 4 rings (SSSR count). The van der Waals surface area contributed by atoms with Crippen LogP contribution in [0.3, 0.4) is 0 Å². The summed E-state index contributed by atoms with van der Waals surface area (Å²) < 4.78 is 17.5. The van der Waals surface area contributed by atoms with Gasteiger partial charge >= 0.3 is 0 Å². The molecule has 4 heterocycles. The van der Waals surface area contributed by atoms with Crippen molar-refractivity contribution < 1.29 is 4.39 Å². The second-order valence-corrected chi connectivity index (χ2v) is 5.75. The third-order valence-electron chi connectivity index (χ3n) is 4.02. The maximum Gasteiger partial charge on any atom is 0.213 e. The molecule has 7 heteroatoms. The Kier molecular flexibility index (Phi) is 3.97. The van der Waals surface area contributed by atoms with Crippen molar-refractivity contribution in [2.75, 3.05) is 0 Å². The quantitative estimate of drug-likeness (QED) is 0.525. The van der Waals surface area contributed by atoms with Crippen LogP contribution in [-0.2, 0) is 13.1 Å². The van der Waals surface area contributed by atoms with Crippen molar-refractivity contribution in [3.05, 3.63) is 60.7 Å². The summed E-state index contributed by atoms with van der Waals surface area (Å²) in [6, 6.07) is 8.64. The Balaban J connectivity index is 1.76. The van der Waals surface area contributed by atoms with Crippen molar-refractivity contribution in [2.45, 2.75) is 26.4 Å². The minimum Gasteiger partial charge on any atom is -0.325 e. The van der Waals surface area contributed by atoms with Crippen LogP contribution < -0.4 is 0 Å². The van der Waals surface area contributed by atoms with Crippen LogP contribution in [0.15, 0.2) is 48.9 Å². The molecule has 0 N–H and O–H groups in total. The van der Waals surface area contributed by atoms with Gasteiger partial charge in [-0.25, -0.2) is 19.9 Å². The van der Waals surface area contributed by atoms with E-state index in [0.29, 0.717) is 18.1 Å². The van der Waals surface area contributed by atoms with Gasteiger partial charge in [0.05, 0.1) is 12.1 Å².